The van der Waals surface area contributed by atoms with E-state index in [0.29, 0.717) is 64.8 Å². The summed E-state index contributed by atoms with van der Waals surface area (Å²) >= 11 is 0. The first-order valence-electron chi connectivity index (χ1n) is 15.5. The average molecular weight is 622 g/mol. The van der Waals surface area contributed by atoms with Crippen molar-refractivity contribution in [3.63, 3.8) is 0 Å². The first kappa shape index (κ1) is 29.2. The lowest BCUT2D eigenvalue weighted by Crippen LogP contribution is -2.59. The van der Waals surface area contributed by atoms with Gasteiger partial charge in [0.05, 0.1) is 10.5 Å². The maximum atomic E-state index is 15.2. The fourth-order valence-corrected chi connectivity index (χ4v) is 9.57. The Morgan fingerprint density at radius 1 is 0.864 bits per heavy atom. The van der Waals surface area contributed by atoms with Crippen molar-refractivity contribution in [2.24, 2.45) is 23.7 Å². The van der Waals surface area contributed by atoms with E-state index >= 15 is 4.39 Å². The largest absolute Gasteiger partial charge is 0.744 e. The minimum atomic E-state index is -4.66. The molecule has 10 heteroatoms. The van der Waals surface area contributed by atoms with Gasteiger partial charge in [0.1, 0.15) is 21.5 Å². The van der Waals surface area contributed by atoms with E-state index in [-0.39, 0.29) is 22.0 Å². The molecule has 0 spiro atoms. The molecule has 8 rings (SSSR count). The van der Waals surface area contributed by atoms with Gasteiger partial charge in [0.25, 0.3) is 0 Å². The topological polar surface area (TPSA) is 119 Å². The molecule has 5 aliphatic rings. The number of fused-ring (bicyclic) bond motifs is 2. The van der Waals surface area contributed by atoms with Crippen LogP contribution in [0.15, 0.2) is 47.4 Å². The Morgan fingerprint density at radius 3 is 2.20 bits per heavy atom. The maximum absolute atomic E-state index is 15.2. The minimum absolute atomic E-state index is 0.154. The van der Waals surface area contributed by atoms with Crippen molar-refractivity contribution in [3.05, 3.63) is 65.0 Å². The normalized spacial score (nSPS) is 27.2. The number of hydrogen-bond acceptors (Lipinski definition) is 8. The van der Waals surface area contributed by atoms with E-state index in [1.165, 1.54) is 42.8 Å². The molecule has 4 bridgehead atoms. The van der Waals surface area contributed by atoms with Crippen molar-refractivity contribution < 1.29 is 41.2 Å². The molecule has 0 saturated heterocycles. The molecule has 0 unspecified atom stereocenters. The number of esters is 1. The van der Waals surface area contributed by atoms with Crippen LogP contribution < -0.4 is 9.47 Å². The van der Waals surface area contributed by atoms with Gasteiger partial charge in [-0.25, -0.2) is 22.4 Å². The second-order valence-electron chi connectivity index (χ2n) is 13.0. The zero-order chi connectivity index (χ0) is 30.8. The highest BCUT2D eigenvalue weighted by atomic mass is 32.2. The molecule has 4 fully saturated rings. The van der Waals surface area contributed by atoms with Crippen molar-refractivity contribution >= 4 is 33.0 Å². The molecule has 44 heavy (non-hydrogen) atoms. The van der Waals surface area contributed by atoms with Gasteiger partial charge < -0.3 is 18.8 Å². The third kappa shape index (κ3) is 5.05. The number of halogens is 1. The molecule has 5 aliphatic carbocycles. The summed E-state index contributed by atoms with van der Waals surface area (Å²) in [5.74, 6) is 0.554. The van der Waals surface area contributed by atoms with Crippen LogP contribution in [0.3, 0.4) is 0 Å². The molecular weight excluding hydrogens is 587 g/mol. The Balaban J connectivity index is 1.08. The SMILES string of the molecule is CCC1(OC(=O)Oc2cc3ccc(C(=O)Oc4ccc(S(=O)(=O)[O-])c5c4CCCC5)cc3cc2F)C2CC3CC(C2)CC1C3. The molecule has 0 aromatic heterocycles. The van der Waals surface area contributed by atoms with Gasteiger partial charge >= 0.3 is 12.1 Å². The summed E-state index contributed by atoms with van der Waals surface area (Å²) in [4.78, 5) is 25.8. The molecule has 0 aliphatic heterocycles. The fraction of sp³-hybridized carbons (Fsp3) is 0.471. The van der Waals surface area contributed by atoms with Crippen LogP contribution in [-0.2, 0) is 27.7 Å². The summed E-state index contributed by atoms with van der Waals surface area (Å²) in [6, 6.07) is 9.74. The minimum Gasteiger partial charge on any atom is -0.744 e. The monoisotopic (exact) mass is 621 g/mol. The Labute approximate surface area is 255 Å². The molecule has 0 amide bonds. The Bertz CT molecular complexity index is 1750. The van der Waals surface area contributed by atoms with Gasteiger partial charge in [0, 0.05) is 0 Å². The summed E-state index contributed by atoms with van der Waals surface area (Å²) in [5.41, 5.74) is 0.536. The van der Waals surface area contributed by atoms with E-state index < -0.39 is 33.7 Å². The summed E-state index contributed by atoms with van der Waals surface area (Å²) in [7, 11) is -4.66. The van der Waals surface area contributed by atoms with Crippen LogP contribution >= 0.6 is 0 Å². The summed E-state index contributed by atoms with van der Waals surface area (Å²) < 4.78 is 67.6. The van der Waals surface area contributed by atoms with Gasteiger partial charge in [-0.3, -0.25) is 0 Å². The molecule has 232 valence electrons. The summed E-state index contributed by atoms with van der Waals surface area (Å²) in [6.07, 6.45) is 7.77. The van der Waals surface area contributed by atoms with Gasteiger partial charge in [-0.05, 0) is 146 Å². The van der Waals surface area contributed by atoms with Crippen LogP contribution in [0, 0.1) is 29.5 Å². The van der Waals surface area contributed by atoms with E-state index in [2.05, 4.69) is 6.92 Å². The smallest absolute Gasteiger partial charge is 0.514 e. The Morgan fingerprint density at radius 2 is 1.55 bits per heavy atom. The molecule has 0 N–H and O–H groups in total. The Kier molecular flexibility index (Phi) is 7.20. The Hall–Kier alpha value is -3.50. The lowest BCUT2D eigenvalue weighted by atomic mass is 9.49. The predicted molar refractivity (Wildman–Crippen MR) is 157 cm³/mol. The van der Waals surface area contributed by atoms with Crippen molar-refractivity contribution in [2.45, 2.75) is 81.6 Å². The van der Waals surface area contributed by atoms with E-state index in [9.17, 15) is 22.6 Å². The second-order valence-corrected chi connectivity index (χ2v) is 14.3. The number of carbonyl (C=O) groups is 2. The van der Waals surface area contributed by atoms with Crippen LogP contribution in [0.25, 0.3) is 10.8 Å². The highest BCUT2D eigenvalue weighted by Crippen LogP contribution is 2.60. The number of hydrogen-bond donors (Lipinski definition) is 0. The van der Waals surface area contributed by atoms with Crippen molar-refractivity contribution in [1.82, 2.24) is 0 Å². The lowest BCUT2D eigenvalue weighted by Gasteiger charge is -2.59. The van der Waals surface area contributed by atoms with Gasteiger partial charge in [-0.15, -0.1) is 0 Å². The molecule has 4 saturated carbocycles. The molecule has 3 aromatic carbocycles. The third-order valence-electron chi connectivity index (χ3n) is 10.6. The highest BCUT2D eigenvalue weighted by Gasteiger charge is 2.59. The van der Waals surface area contributed by atoms with Crippen molar-refractivity contribution in [3.8, 4) is 11.5 Å². The number of carbonyl (C=O) groups excluding carboxylic acids is 2. The van der Waals surface area contributed by atoms with Crippen molar-refractivity contribution in [2.75, 3.05) is 0 Å². The van der Waals surface area contributed by atoms with Gasteiger partial charge in [-0.2, -0.15) is 0 Å². The molecule has 3 aromatic rings. The van der Waals surface area contributed by atoms with Crippen LogP contribution in [-0.4, -0.2) is 30.7 Å². The van der Waals surface area contributed by atoms with Crippen LogP contribution in [0.4, 0.5) is 9.18 Å². The van der Waals surface area contributed by atoms with E-state index in [4.69, 9.17) is 14.2 Å². The molecule has 0 atom stereocenters. The highest BCUT2D eigenvalue weighted by molar-refractivity contribution is 7.85. The maximum Gasteiger partial charge on any atom is 0.514 e. The van der Waals surface area contributed by atoms with Gasteiger partial charge in [0.2, 0.25) is 0 Å². The number of benzene rings is 3. The van der Waals surface area contributed by atoms with E-state index in [0.717, 1.165) is 38.5 Å². The quantitative estimate of drug-likeness (QED) is 0.124. The van der Waals surface area contributed by atoms with Crippen LogP contribution in [0.5, 0.6) is 11.5 Å². The van der Waals surface area contributed by atoms with E-state index in [1.807, 2.05) is 0 Å². The number of rotatable bonds is 6. The standard InChI is InChI=1S/C34H35FO8S/c1-2-34(24-12-19-11-20(14-24)15-25(34)13-19)43-33(37)42-30-18-21-7-8-22(16-23(21)17-28(30)35)32(36)41-29-9-10-31(44(38,39)40)27-6-4-3-5-26(27)29/h7-10,16-20,24-25H,2-6,11-15H2,1H3,(H,38,39,40)/p-1. The van der Waals surface area contributed by atoms with E-state index in [1.54, 1.807) is 6.07 Å². The lowest BCUT2D eigenvalue weighted by molar-refractivity contribution is -0.181. The average Bonchev–Trinajstić information content (AvgIpc) is 2.98. The molecule has 0 radical (unpaired) electrons. The molecule has 0 heterocycles. The summed E-state index contributed by atoms with van der Waals surface area (Å²) in [5, 5.41) is 0.950. The molecular formula is C34H34FO8S-. The van der Waals surface area contributed by atoms with Crippen LogP contribution in [0.2, 0.25) is 0 Å². The zero-order valence-corrected chi connectivity index (χ0v) is 25.3. The first-order chi connectivity index (χ1) is 21.0. The van der Waals surface area contributed by atoms with Gasteiger partial charge in [-0.1, -0.05) is 13.0 Å². The summed E-state index contributed by atoms with van der Waals surface area (Å²) in [6.45, 7) is 2.05. The molecule has 8 nitrogen and oxygen atoms in total. The number of ether oxygens (including phenoxy) is 3. The zero-order valence-electron chi connectivity index (χ0n) is 24.5. The third-order valence-corrected chi connectivity index (χ3v) is 11.5. The van der Waals surface area contributed by atoms with Gasteiger partial charge in [0.15, 0.2) is 11.6 Å². The second kappa shape index (κ2) is 10.8. The van der Waals surface area contributed by atoms with Crippen LogP contribution in [0.1, 0.15) is 79.8 Å². The van der Waals surface area contributed by atoms with Crippen molar-refractivity contribution in [1.29, 1.82) is 0 Å². The first-order valence-corrected chi connectivity index (χ1v) is 16.9. The fourth-order valence-electron chi connectivity index (χ4n) is 8.81. The predicted octanol–water partition coefficient (Wildman–Crippen LogP) is 7.10.